The monoisotopic (exact) mass is 381 g/mol. The van der Waals surface area contributed by atoms with Crippen LogP contribution >= 0.6 is 0 Å². The molecule has 3 aromatic rings. The predicted octanol–water partition coefficient (Wildman–Crippen LogP) is 4.39. The van der Waals surface area contributed by atoms with E-state index >= 15 is 0 Å². The first-order valence-electron chi connectivity index (χ1n) is 8.66. The highest BCUT2D eigenvalue weighted by Gasteiger charge is 2.25. The number of amides is 1. The number of hydrogen-bond acceptors (Lipinski definition) is 3. The van der Waals surface area contributed by atoms with Crippen LogP contribution in [0.15, 0.2) is 54.7 Å². The van der Waals surface area contributed by atoms with E-state index in [0.29, 0.717) is 22.5 Å². The summed E-state index contributed by atoms with van der Waals surface area (Å²) in [4.78, 5) is 24.0. The maximum Gasteiger partial charge on any atom is 0.335 e. The van der Waals surface area contributed by atoms with Crippen LogP contribution in [-0.4, -0.2) is 26.8 Å². The van der Waals surface area contributed by atoms with E-state index in [1.165, 1.54) is 30.5 Å². The van der Waals surface area contributed by atoms with Gasteiger partial charge in [-0.25, -0.2) is 9.18 Å². The Kier molecular flexibility index (Phi) is 5.00. The van der Waals surface area contributed by atoms with Crippen molar-refractivity contribution in [2.24, 2.45) is 0 Å². The molecule has 0 aliphatic heterocycles. The molecular formula is C21H20FN3O3. The van der Waals surface area contributed by atoms with Gasteiger partial charge in [0.2, 0.25) is 0 Å². The first-order chi connectivity index (χ1) is 13.2. The number of anilines is 1. The molecule has 2 aromatic carbocycles. The second-order valence-electron chi connectivity index (χ2n) is 7.34. The largest absolute Gasteiger partial charge is 0.478 e. The standard InChI is InChI=1S/C21H20FN3O3/c1-21(2,3)25-18(13-7-9-15(22)10-8-13)17(12-23-25)19(26)24-16-6-4-5-14(11-16)20(27)28/h4-12H,1-3H3,(H,24,26)(H,27,28). The van der Waals surface area contributed by atoms with Crippen molar-refractivity contribution in [1.29, 1.82) is 0 Å². The Morgan fingerprint density at radius 3 is 2.39 bits per heavy atom. The normalized spacial score (nSPS) is 11.3. The Morgan fingerprint density at radius 2 is 1.79 bits per heavy atom. The van der Waals surface area contributed by atoms with Crippen molar-refractivity contribution in [3.05, 3.63) is 71.7 Å². The molecule has 0 spiro atoms. The summed E-state index contributed by atoms with van der Waals surface area (Å²) in [6, 6.07) is 11.8. The molecule has 1 heterocycles. The minimum atomic E-state index is -1.08. The van der Waals surface area contributed by atoms with E-state index < -0.39 is 17.4 Å². The fourth-order valence-corrected chi connectivity index (χ4v) is 2.84. The fourth-order valence-electron chi connectivity index (χ4n) is 2.84. The molecule has 0 aliphatic carbocycles. The molecule has 0 aliphatic rings. The highest BCUT2D eigenvalue weighted by atomic mass is 19.1. The third-order valence-electron chi connectivity index (χ3n) is 4.13. The van der Waals surface area contributed by atoms with Gasteiger partial charge in [0.15, 0.2) is 0 Å². The molecule has 7 heteroatoms. The number of carboxylic acids is 1. The Balaban J connectivity index is 2.03. The van der Waals surface area contributed by atoms with Crippen LogP contribution in [0.2, 0.25) is 0 Å². The van der Waals surface area contributed by atoms with Gasteiger partial charge in [-0.1, -0.05) is 6.07 Å². The van der Waals surface area contributed by atoms with Gasteiger partial charge in [0.05, 0.1) is 28.6 Å². The van der Waals surface area contributed by atoms with E-state index in [0.717, 1.165) is 0 Å². The molecular weight excluding hydrogens is 361 g/mol. The molecule has 0 bridgehead atoms. The SMILES string of the molecule is CC(C)(C)n1ncc(C(=O)Nc2cccc(C(=O)O)c2)c1-c1ccc(F)cc1. The van der Waals surface area contributed by atoms with Crippen LogP contribution in [0.25, 0.3) is 11.3 Å². The number of nitrogens with zero attached hydrogens (tertiary/aromatic N) is 2. The summed E-state index contributed by atoms with van der Waals surface area (Å²) in [6.45, 7) is 5.85. The molecule has 1 aromatic heterocycles. The number of halogens is 1. The van der Waals surface area contributed by atoms with Gasteiger partial charge in [0.25, 0.3) is 5.91 Å². The average molecular weight is 381 g/mol. The zero-order valence-electron chi connectivity index (χ0n) is 15.7. The maximum absolute atomic E-state index is 13.4. The number of carbonyl (C=O) groups excluding carboxylic acids is 1. The van der Waals surface area contributed by atoms with Crippen molar-refractivity contribution >= 4 is 17.6 Å². The topological polar surface area (TPSA) is 84.2 Å². The lowest BCUT2D eigenvalue weighted by Gasteiger charge is -2.23. The van der Waals surface area contributed by atoms with Gasteiger partial charge in [-0.3, -0.25) is 9.48 Å². The zero-order valence-corrected chi connectivity index (χ0v) is 15.7. The third-order valence-corrected chi connectivity index (χ3v) is 4.13. The van der Waals surface area contributed by atoms with Crippen LogP contribution in [0.3, 0.4) is 0 Å². The van der Waals surface area contributed by atoms with Crippen molar-refractivity contribution < 1.29 is 19.1 Å². The van der Waals surface area contributed by atoms with Gasteiger partial charge in [-0.2, -0.15) is 5.10 Å². The Morgan fingerprint density at radius 1 is 1.11 bits per heavy atom. The summed E-state index contributed by atoms with van der Waals surface area (Å²) in [5.41, 5.74) is 1.53. The maximum atomic E-state index is 13.4. The number of hydrogen-bond donors (Lipinski definition) is 2. The van der Waals surface area contributed by atoms with Gasteiger partial charge in [-0.15, -0.1) is 0 Å². The quantitative estimate of drug-likeness (QED) is 0.702. The minimum absolute atomic E-state index is 0.0712. The fraction of sp³-hybridized carbons (Fsp3) is 0.190. The number of nitrogens with one attached hydrogen (secondary N) is 1. The highest BCUT2D eigenvalue weighted by molar-refractivity contribution is 6.08. The van der Waals surface area contributed by atoms with Crippen LogP contribution < -0.4 is 5.32 Å². The number of rotatable bonds is 4. The molecule has 0 unspecified atom stereocenters. The van der Waals surface area contributed by atoms with Crippen molar-refractivity contribution in [2.75, 3.05) is 5.32 Å². The smallest absolute Gasteiger partial charge is 0.335 e. The molecule has 28 heavy (non-hydrogen) atoms. The van der Waals surface area contributed by atoms with Crippen LogP contribution in [0.1, 0.15) is 41.5 Å². The Labute approximate surface area is 161 Å². The van der Waals surface area contributed by atoms with Crippen LogP contribution in [0, 0.1) is 5.82 Å². The first kappa shape index (κ1) is 19.3. The molecule has 1 amide bonds. The third kappa shape index (κ3) is 3.93. The minimum Gasteiger partial charge on any atom is -0.478 e. The summed E-state index contributed by atoms with van der Waals surface area (Å²) in [5.74, 6) is -1.89. The summed E-state index contributed by atoms with van der Waals surface area (Å²) < 4.78 is 15.1. The van der Waals surface area contributed by atoms with E-state index in [9.17, 15) is 14.0 Å². The average Bonchev–Trinajstić information content (AvgIpc) is 3.08. The van der Waals surface area contributed by atoms with Crippen LogP contribution in [0.5, 0.6) is 0 Å². The van der Waals surface area contributed by atoms with Crippen LogP contribution in [-0.2, 0) is 5.54 Å². The molecule has 144 valence electrons. The zero-order chi connectivity index (χ0) is 20.5. The number of carbonyl (C=O) groups is 2. The van der Waals surface area contributed by atoms with E-state index in [1.807, 2.05) is 20.8 Å². The molecule has 0 atom stereocenters. The summed E-state index contributed by atoms with van der Waals surface area (Å²) in [5, 5.41) is 16.2. The lowest BCUT2D eigenvalue weighted by molar-refractivity contribution is 0.0696. The molecule has 3 rings (SSSR count). The van der Waals surface area contributed by atoms with Crippen molar-refractivity contribution in [2.45, 2.75) is 26.3 Å². The second kappa shape index (κ2) is 7.26. The Bertz CT molecular complexity index is 1030. The van der Waals surface area contributed by atoms with Gasteiger partial charge >= 0.3 is 5.97 Å². The number of carboxylic acid groups (broad SMARTS) is 1. The molecule has 2 N–H and O–H groups in total. The molecule has 0 saturated carbocycles. The molecule has 6 nitrogen and oxygen atoms in total. The van der Waals surface area contributed by atoms with Crippen molar-refractivity contribution in [3.63, 3.8) is 0 Å². The van der Waals surface area contributed by atoms with E-state index in [4.69, 9.17) is 5.11 Å². The predicted molar refractivity (Wildman–Crippen MR) is 104 cm³/mol. The van der Waals surface area contributed by atoms with Gasteiger partial charge in [0.1, 0.15) is 5.82 Å². The lowest BCUT2D eigenvalue weighted by atomic mass is 10.0. The lowest BCUT2D eigenvalue weighted by Crippen LogP contribution is -2.24. The number of aromatic nitrogens is 2. The van der Waals surface area contributed by atoms with Gasteiger partial charge < -0.3 is 10.4 Å². The van der Waals surface area contributed by atoms with E-state index in [1.54, 1.807) is 28.9 Å². The summed E-state index contributed by atoms with van der Waals surface area (Å²) in [7, 11) is 0. The van der Waals surface area contributed by atoms with E-state index in [-0.39, 0.29) is 11.4 Å². The number of benzene rings is 2. The van der Waals surface area contributed by atoms with Crippen molar-refractivity contribution in [3.8, 4) is 11.3 Å². The number of aromatic carboxylic acids is 1. The van der Waals surface area contributed by atoms with Gasteiger partial charge in [-0.05, 0) is 63.2 Å². The molecule has 0 saturated heterocycles. The van der Waals surface area contributed by atoms with E-state index in [2.05, 4.69) is 10.4 Å². The summed E-state index contributed by atoms with van der Waals surface area (Å²) in [6.07, 6.45) is 1.46. The highest BCUT2D eigenvalue weighted by Crippen LogP contribution is 2.29. The Hall–Kier alpha value is -3.48. The first-order valence-corrected chi connectivity index (χ1v) is 8.66. The summed E-state index contributed by atoms with van der Waals surface area (Å²) >= 11 is 0. The van der Waals surface area contributed by atoms with Crippen molar-refractivity contribution in [1.82, 2.24) is 9.78 Å². The van der Waals surface area contributed by atoms with Crippen LogP contribution in [0.4, 0.5) is 10.1 Å². The van der Waals surface area contributed by atoms with Gasteiger partial charge in [0, 0.05) is 11.3 Å². The molecule has 0 fully saturated rings. The second-order valence-corrected chi connectivity index (χ2v) is 7.34. The molecule has 0 radical (unpaired) electrons.